The minimum absolute atomic E-state index is 0.0305. The summed E-state index contributed by atoms with van der Waals surface area (Å²) >= 11 is 7.01. The molecule has 4 rings (SSSR count). The van der Waals surface area contributed by atoms with Crippen LogP contribution in [0.2, 0.25) is 0 Å². The molecule has 0 aliphatic heterocycles. The Bertz CT molecular complexity index is 1590. The van der Waals surface area contributed by atoms with E-state index in [2.05, 4.69) is 43.0 Å². The Morgan fingerprint density at radius 1 is 1.16 bits per heavy atom. The third kappa shape index (κ3) is 5.76. The highest BCUT2D eigenvalue weighted by atomic mass is 79.9. The van der Waals surface area contributed by atoms with E-state index in [0.29, 0.717) is 43.8 Å². The number of methoxy groups -OCH3 is 1. The SMILES string of the molecule is CC[C@@H](C)c1nc2ccc(Br)cc2c(=O)n1N=Cc1cc(OC)c(OCc2ccccc2C#N)cc1Br. The molecular weight excluding hydrogens is 600 g/mol. The molecule has 7 nitrogen and oxygen atoms in total. The quantitative estimate of drug-likeness (QED) is 0.202. The van der Waals surface area contributed by atoms with Crippen LogP contribution >= 0.6 is 31.9 Å². The van der Waals surface area contributed by atoms with Crippen molar-refractivity contribution in [2.45, 2.75) is 32.8 Å². The number of nitrogens with zero attached hydrogens (tertiary/aromatic N) is 4. The number of nitriles is 1. The van der Waals surface area contributed by atoms with E-state index in [-0.39, 0.29) is 18.1 Å². The summed E-state index contributed by atoms with van der Waals surface area (Å²) in [6.07, 6.45) is 2.41. The van der Waals surface area contributed by atoms with Crippen molar-refractivity contribution in [1.29, 1.82) is 5.26 Å². The predicted molar refractivity (Wildman–Crippen MR) is 152 cm³/mol. The van der Waals surface area contributed by atoms with Crippen molar-refractivity contribution >= 4 is 49.0 Å². The first-order valence-corrected chi connectivity index (χ1v) is 13.2. The van der Waals surface area contributed by atoms with Crippen molar-refractivity contribution < 1.29 is 9.47 Å². The molecule has 0 radical (unpaired) electrons. The molecule has 0 N–H and O–H groups in total. The Kier molecular flexibility index (Phi) is 8.41. The van der Waals surface area contributed by atoms with Gasteiger partial charge in [0, 0.05) is 26.0 Å². The van der Waals surface area contributed by atoms with Crippen molar-refractivity contribution in [2.75, 3.05) is 7.11 Å². The average molecular weight is 624 g/mol. The Balaban J connectivity index is 1.71. The molecule has 1 atom stereocenters. The van der Waals surface area contributed by atoms with Crippen molar-refractivity contribution in [2.24, 2.45) is 5.10 Å². The number of hydrogen-bond acceptors (Lipinski definition) is 6. The van der Waals surface area contributed by atoms with Gasteiger partial charge in [0.25, 0.3) is 5.56 Å². The van der Waals surface area contributed by atoms with Crippen LogP contribution in [0.25, 0.3) is 10.9 Å². The Labute approximate surface area is 231 Å². The fraction of sp³-hybridized carbons (Fsp3) is 0.214. The lowest BCUT2D eigenvalue weighted by Crippen LogP contribution is -2.23. The van der Waals surface area contributed by atoms with E-state index < -0.39 is 0 Å². The first kappa shape index (κ1) is 26.6. The maximum atomic E-state index is 13.4. The lowest BCUT2D eigenvalue weighted by atomic mass is 10.1. The standard InChI is InChI=1S/C28H24Br2N4O3/c1-4-17(2)27-33-24-10-9-21(29)12-22(24)28(35)34(27)32-15-20-11-25(36-3)26(13-23(20)30)37-16-19-8-6-5-7-18(19)14-31/h5-13,15,17H,4,16H2,1-3H3/t17-/m1/s1. The van der Waals surface area contributed by atoms with Gasteiger partial charge in [-0.15, -0.1) is 0 Å². The first-order chi connectivity index (χ1) is 17.9. The molecule has 1 aromatic heterocycles. The van der Waals surface area contributed by atoms with Gasteiger partial charge in [-0.2, -0.15) is 15.0 Å². The molecule has 0 aliphatic rings. The van der Waals surface area contributed by atoms with Crippen LogP contribution in [-0.4, -0.2) is 23.0 Å². The fourth-order valence-electron chi connectivity index (χ4n) is 3.73. The van der Waals surface area contributed by atoms with Gasteiger partial charge in [0.05, 0.1) is 35.9 Å². The number of fused-ring (bicyclic) bond motifs is 1. The van der Waals surface area contributed by atoms with Gasteiger partial charge in [0.2, 0.25) is 0 Å². The van der Waals surface area contributed by atoms with Crippen molar-refractivity contribution in [3.05, 3.63) is 96.4 Å². The summed E-state index contributed by atoms with van der Waals surface area (Å²) in [6, 6.07) is 18.5. The van der Waals surface area contributed by atoms with Gasteiger partial charge in [-0.05, 0) is 58.7 Å². The molecule has 9 heteroatoms. The molecule has 0 aliphatic carbocycles. The summed E-state index contributed by atoms with van der Waals surface area (Å²) in [5.41, 5.74) is 2.43. The second-order valence-corrected chi connectivity index (χ2v) is 10.2. The van der Waals surface area contributed by atoms with E-state index >= 15 is 0 Å². The third-order valence-electron chi connectivity index (χ3n) is 6.00. The highest BCUT2D eigenvalue weighted by Gasteiger charge is 2.16. The minimum atomic E-state index is -0.239. The van der Waals surface area contributed by atoms with Gasteiger partial charge in [-0.1, -0.05) is 48.0 Å². The van der Waals surface area contributed by atoms with Gasteiger partial charge in [0.15, 0.2) is 11.5 Å². The van der Waals surface area contributed by atoms with Crippen molar-refractivity contribution in [1.82, 2.24) is 9.66 Å². The summed E-state index contributed by atoms with van der Waals surface area (Å²) in [5, 5.41) is 14.4. The number of aromatic nitrogens is 2. The maximum absolute atomic E-state index is 13.4. The van der Waals surface area contributed by atoms with Gasteiger partial charge < -0.3 is 9.47 Å². The molecule has 4 aromatic rings. The van der Waals surface area contributed by atoms with Crippen LogP contribution in [0.5, 0.6) is 11.5 Å². The molecule has 0 saturated heterocycles. The van der Waals surface area contributed by atoms with Crippen LogP contribution in [-0.2, 0) is 6.61 Å². The van der Waals surface area contributed by atoms with Crippen LogP contribution in [0.4, 0.5) is 0 Å². The lowest BCUT2D eigenvalue weighted by molar-refractivity contribution is 0.284. The van der Waals surface area contributed by atoms with E-state index in [4.69, 9.17) is 14.5 Å². The van der Waals surface area contributed by atoms with Crippen LogP contribution in [0.15, 0.2) is 73.4 Å². The van der Waals surface area contributed by atoms with E-state index in [1.54, 1.807) is 37.6 Å². The Morgan fingerprint density at radius 2 is 1.95 bits per heavy atom. The predicted octanol–water partition coefficient (Wildman–Crippen LogP) is 6.78. The lowest BCUT2D eigenvalue weighted by Gasteiger charge is -2.15. The smallest absolute Gasteiger partial charge is 0.282 e. The number of hydrogen-bond donors (Lipinski definition) is 0. The van der Waals surface area contributed by atoms with Gasteiger partial charge in [-0.25, -0.2) is 4.98 Å². The second-order valence-electron chi connectivity index (χ2n) is 8.38. The summed E-state index contributed by atoms with van der Waals surface area (Å²) in [5.74, 6) is 1.63. The summed E-state index contributed by atoms with van der Waals surface area (Å²) in [6.45, 7) is 4.28. The zero-order valence-corrected chi connectivity index (χ0v) is 23.7. The van der Waals surface area contributed by atoms with Gasteiger partial charge in [0.1, 0.15) is 12.4 Å². The zero-order chi connectivity index (χ0) is 26.5. The molecule has 0 amide bonds. The fourth-order valence-corrected chi connectivity index (χ4v) is 4.52. The largest absolute Gasteiger partial charge is 0.493 e. The molecule has 37 heavy (non-hydrogen) atoms. The molecule has 1 heterocycles. The Morgan fingerprint density at radius 3 is 2.68 bits per heavy atom. The van der Waals surface area contributed by atoms with E-state index in [1.165, 1.54) is 4.68 Å². The normalized spacial score (nSPS) is 12.0. The van der Waals surface area contributed by atoms with E-state index in [0.717, 1.165) is 16.5 Å². The molecule has 0 spiro atoms. The van der Waals surface area contributed by atoms with Gasteiger partial charge in [-0.3, -0.25) is 4.79 Å². The molecule has 0 unspecified atom stereocenters. The Hall–Kier alpha value is -3.48. The van der Waals surface area contributed by atoms with Crippen LogP contribution in [0, 0.1) is 11.3 Å². The molecule has 0 saturated carbocycles. The molecule has 188 valence electrons. The number of benzene rings is 3. The maximum Gasteiger partial charge on any atom is 0.282 e. The summed E-state index contributed by atoms with van der Waals surface area (Å²) < 4.78 is 14.4. The summed E-state index contributed by atoms with van der Waals surface area (Å²) in [7, 11) is 1.55. The number of halogens is 2. The third-order valence-corrected chi connectivity index (χ3v) is 7.18. The molecular formula is C28H24Br2N4O3. The average Bonchev–Trinajstić information content (AvgIpc) is 2.91. The highest BCUT2D eigenvalue weighted by molar-refractivity contribution is 9.10. The van der Waals surface area contributed by atoms with Crippen LogP contribution < -0.4 is 15.0 Å². The van der Waals surface area contributed by atoms with E-state index in [9.17, 15) is 10.1 Å². The van der Waals surface area contributed by atoms with Crippen molar-refractivity contribution in [3.8, 4) is 17.6 Å². The zero-order valence-electron chi connectivity index (χ0n) is 20.5. The van der Waals surface area contributed by atoms with Crippen LogP contribution in [0.1, 0.15) is 48.7 Å². The number of rotatable bonds is 8. The monoisotopic (exact) mass is 622 g/mol. The summed E-state index contributed by atoms with van der Waals surface area (Å²) in [4.78, 5) is 18.1. The molecule has 3 aromatic carbocycles. The molecule has 0 fully saturated rings. The minimum Gasteiger partial charge on any atom is -0.493 e. The highest BCUT2D eigenvalue weighted by Crippen LogP contribution is 2.34. The van der Waals surface area contributed by atoms with Gasteiger partial charge >= 0.3 is 0 Å². The number of ether oxygens (including phenoxy) is 2. The second kappa shape index (κ2) is 11.7. The first-order valence-electron chi connectivity index (χ1n) is 11.6. The van der Waals surface area contributed by atoms with Crippen molar-refractivity contribution in [3.63, 3.8) is 0 Å². The van der Waals surface area contributed by atoms with E-state index in [1.807, 2.05) is 44.2 Å². The topological polar surface area (TPSA) is 89.5 Å². The van der Waals surface area contributed by atoms with Crippen LogP contribution in [0.3, 0.4) is 0 Å². The molecule has 0 bridgehead atoms.